The van der Waals surface area contributed by atoms with Gasteiger partial charge in [-0.2, -0.15) is 13.2 Å². The van der Waals surface area contributed by atoms with Crippen LogP contribution in [-0.2, 0) is 6.18 Å². The van der Waals surface area contributed by atoms with E-state index in [1.807, 2.05) is 32.0 Å². The van der Waals surface area contributed by atoms with Gasteiger partial charge in [0.25, 0.3) is 0 Å². The van der Waals surface area contributed by atoms with Crippen molar-refractivity contribution in [2.24, 2.45) is 0 Å². The summed E-state index contributed by atoms with van der Waals surface area (Å²) in [6.07, 6.45) is -1.23. The fourth-order valence-corrected chi connectivity index (χ4v) is 3.44. The van der Waals surface area contributed by atoms with E-state index in [2.05, 4.69) is 15.1 Å². The molecule has 0 unspecified atom stereocenters. The van der Waals surface area contributed by atoms with Crippen LogP contribution in [-0.4, -0.2) is 26.9 Å². The third-order valence-electron chi connectivity index (χ3n) is 5.07. The highest BCUT2D eigenvalue weighted by molar-refractivity contribution is 5.65. The Morgan fingerprint density at radius 1 is 0.938 bits per heavy atom. The van der Waals surface area contributed by atoms with Crippen molar-refractivity contribution in [3.05, 3.63) is 78.1 Å². The van der Waals surface area contributed by atoms with Crippen LogP contribution < -0.4 is 4.74 Å². The molecule has 32 heavy (non-hydrogen) atoms. The van der Waals surface area contributed by atoms with E-state index in [0.29, 0.717) is 17.2 Å². The maximum Gasteiger partial charge on any atom is 0.416 e. The molecule has 0 N–H and O–H groups in total. The minimum Gasteiger partial charge on any atom is -0.496 e. The Morgan fingerprint density at radius 3 is 2.34 bits per heavy atom. The van der Waals surface area contributed by atoms with E-state index in [-0.39, 0.29) is 11.6 Å². The van der Waals surface area contributed by atoms with Gasteiger partial charge in [0.15, 0.2) is 11.6 Å². The van der Waals surface area contributed by atoms with E-state index in [1.165, 1.54) is 10.7 Å². The number of hydrogen-bond acceptors (Lipinski definition) is 4. The zero-order valence-corrected chi connectivity index (χ0v) is 17.8. The lowest BCUT2D eigenvalue weighted by atomic mass is 9.99. The molecular formula is C24H21F3N4O. The predicted molar refractivity (Wildman–Crippen MR) is 116 cm³/mol. The van der Waals surface area contributed by atoms with Crippen molar-refractivity contribution in [1.82, 2.24) is 19.7 Å². The first-order valence-corrected chi connectivity index (χ1v) is 10.0. The molecule has 4 aromatic rings. The summed E-state index contributed by atoms with van der Waals surface area (Å²) in [5.74, 6) is 1.74. The lowest BCUT2D eigenvalue weighted by Crippen LogP contribution is -2.07. The van der Waals surface area contributed by atoms with Gasteiger partial charge >= 0.3 is 6.18 Å². The third kappa shape index (κ3) is 4.21. The van der Waals surface area contributed by atoms with Crippen molar-refractivity contribution in [2.75, 3.05) is 7.11 Å². The Hall–Kier alpha value is -3.68. The molecule has 0 saturated carbocycles. The molecule has 0 aliphatic rings. The Bertz CT molecular complexity index is 1230. The summed E-state index contributed by atoms with van der Waals surface area (Å²) in [6.45, 7) is 4.09. The maximum absolute atomic E-state index is 13.3. The molecular weight excluding hydrogens is 417 g/mol. The molecule has 5 nitrogen and oxygen atoms in total. The maximum atomic E-state index is 13.3. The molecule has 8 heteroatoms. The molecule has 0 radical (unpaired) electrons. The van der Waals surface area contributed by atoms with Crippen molar-refractivity contribution in [3.63, 3.8) is 0 Å². The topological polar surface area (TPSA) is 52.8 Å². The second-order valence-electron chi connectivity index (χ2n) is 7.57. The average molecular weight is 438 g/mol. The highest BCUT2D eigenvalue weighted by Gasteiger charge is 2.31. The number of benzene rings is 2. The number of halogens is 3. The molecule has 0 bridgehead atoms. The smallest absolute Gasteiger partial charge is 0.416 e. The number of pyridine rings is 1. The van der Waals surface area contributed by atoms with Crippen molar-refractivity contribution in [2.45, 2.75) is 25.9 Å². The summed E-state index contributed by atoms with van der Waals surface area (Å²) in [7, 11) is 1.60. The summed E-state index contributed by atoms with van der Waals surface area (Å²) in [4.78, 5) is 8.68. The van der Waals surface area contributed by atoms with Crippen LogP contribution in [0, 0.1) is 0 Å². The quantitative estimate of drug-likeness (QED) is 0.375. The minimum absolute atomic E-state index is 0.175. The molecule has 164 valence electrons. The molecule has 2 aromatic heterocycles. The van der Waals surface area contributed by atoms with E-state index >= 15 is 0 Å². The van der Waals surface area contributed by atoms with Gasteiger partial charge in [-0.15, -0.1) is 5.10 Å². The molecule has 4 rings (SSSR count). The van der Waals surface area contributed by atoms with Crippen LogP contribution >= 0.6 is 0 Å². The Labute approximate surface area is 183 Å². The number of hydrogen-bond donors (Lipinski definition) is 0. The van der Waals surface area contributed by atoms with Crippen LogP contribution in [0.25, 0.3) is 28.5 Å². The second-order valence-corrected chi connectivity index (χ2v) is 7.57. The molecule has 0 spiro atoms. The molecule has 0 aliphatic carbocycles. The predicted octanol–water partition coefficient (Wildman–Crippen LogP) is 6.15. The number of alkyl halides is 3. The van der Waals surface area contributed by atoms with Crippen LogP contribution in [0.4, 0.5) is 13.2 Å². The van der Waals surface area contributed by atoms with E-state index in [9.17, 15) is 13.2 Å². The molecule has 0 atom stereocenters. The van der Waals surface area contributed by atoms with Crippen LogP contribution in [0.5, 0.6) is 5.75 Å². The van der Waals surface area contributed by atoms with Gasteiger partial charge in [0.1, 0.15) is 5.75 Å². The molecule has 0 saturated heterocycles. The first-order valence-electron chi connectivity index (χ1n) is 10.0. The fourth-order valence-electron chi connectivity index (χ4n) is 3.44. The Morgan fingerprint density at radius 2 is 1.69 bits per heavy atom. The molecule has 0 amide bonds. The summed E-state index contributed by atoms with van der Waals surface area (Å²) < 4.78 is 46.9. The molecule has 2 aromatic carbocycles. The van der Waals surface area contributed by atoms with Crippen LogP contribution in [0.2, 0.25) is 0 Å². The van der Waals surface area contributed by atoms with Crippen molar-refractivity contribution < 1.29 is 17.9 Å². The van der Waals surface area contributed by atoms with Crippen molar-refractivity contribution in [1.29, 1.82) is 0 Å². The normalized spacial score (nSPS) is 11.7. The van der Waals surface area contributed by atoms with Crippen molar-refractivity contribution >= 4 is 0 Å². The second kappa shape index (κ2) is 8.45. The summed E-state index contributed by atoms with van der Waals surface area (Å²) in [5, 5.41) is 4.55. The monoisotopic (exact) mass is 438 g/mol. The zero-order chi connectivity index (χ0) is 22.9. The highest BCUT2D eigenvalue weighted by Crippen LogP contribution is 2.34. The van der Waals surface area contributed by atoms with Gasteiger partial charge in [-0.3, -0.25) is 4.98 Å². The SMILES string of the molecule is COc1ccc(-c2nc(-c3ccncc3)nn2-c2cccc(C(F)(F)F)c2)cc1C(C)C. The zero-order valence-electron chi connectivity index (χ0n) is 17.8. The molecule has 0 aliphatic heterocycles. The number of nitrogens with zero attached hydrogens (tertiary/aromatic N) is 4. The van der Waals surface area contributed by atoms with E-state index in [4.69, 9.17) is 4.74 Å². The fraction of sp³-hybridized carbons (Fsp3) is 0.208. The standard InChI is InChI=1S/C24H21F3N4O/c1-15(2)20-13-17(7-8-21(20)32-3)23-29-22(16-9-11-28-12-10-16)30-31(23)19-6-4-5-18(14-19)24(25,26)27/h4-15H,1-3H3. The van der Waals surface area contributed by atoms with E-state index in [1.54, 1.807) is 37.7 Å². The summed E-state index contributed by atoms with van der Waals surface area (Å²) in [5.41, 5.74) is 1.92. The largest absolute Gasteiger partial charge is 0.496 e. The van der Waals surface area contributed by atoms with E-state index in [0.717, 1.165) is 29.0 Å². The molecule has 0 fully saturated rings. The van der Waals surface area contributed by atoms with Gasteiger partial charge in [-0.05, 0) is 60.0 Å². The number of ether oxygens (including phenoxy) is 1. The average Bonchev–Trinajstić information content (AvgIpc) is 3.24. The first-order chi connectivity index (χ1) is 15.3. The lowest BCUT2D eigenvalue weighted by Gasteiger charge is -2.14. The Kier molecular flexibility index (Phi) is 5.69. The van der Waals surface area contributed by atoms with Crippen LogP contribution in [0.15, 0.2) is 67.0 Å². The Balaban J connectivity index is 1.93. The lowest BCUT2D eigenvalue weighted by molar-refractivity contribution is -0.137. The van der Waals surface area contributed by atoms with Gasteiger partial charge < -0.3 is 4.74 Å². The number of methoxy groups -OCH3 is 1. The number of aromatic nitrogens is 4. The molecule has 2 heterocycles. The number of rotatable bonds is 5. The van der Waals surface area contributed by atoms with Gasteiger partial charge in [-0.1, -0.05) is 19.9 Å². The van der Waals surface area contributed by atoms with Gasteiger partial charge in [0, 0.05) is 23.5 Å². The van der Waals surface area contributed by atoms with Gasteiger partial charge in [-0.25, -0.2) is 9.67 Å². The minimum atomic E-state index is -4.46. The summed E-state index contributed by atoms with van der Waals surface area (Å²) in [6, 6.07) is 14.2. The van der Waals surface area contributed by atoms with Crippen molar-refractivity contribution in [3.8, 4) is 34.2 Å². The third-order valence-corrected chi connectivity index (χ3v) is 5.07. The summed E-state index contributed by atoms with van der Waals surface area (Å²) >= 11 is 0. The van der Waals surface area contributed by atoms with Crippen LogP contribution in [0.1, 0.15) is 30.9 Å². The van der Waals surface area contributed by atoms with E-state index < -0.39 is 11.7 Å². The van der Waals surface area contributed by atoms with Gasteiger partial charge in [0.2, 0.25) is 0 Å². The highest BCUT2D eigenvalue weighted by atomic mass is 19.4. The van der Waals surface area contributed by atoms with Crippen LogP contribution in [0.3, 0.4) is 0 Å². The first kappa shape index (κ1) is 21.5. The van der Waals surface area contributed by atoms with Gasteiger partial charge in [0.05, 0.1) is 18.4 Å².